The van der Waals surface area contributed by atoms with Crippen molar-refractivity contribution >= 4 is 39.2 Å². The van der Waals surface area contributed by atoms with Crippen LogP contribution in [0.1, 0.15) is 19.4 Å². The van der Waals surface area contributed by atoms with Crippen molar-refractivity contribution in [1.29, 1.82) is 0 Å². The van der Waals surface area contributed by atoms with E-state index in [0.717, 1.165) is 5.56 Å². The molecule has 5 nitrogen and oxygen atoms in total. The van der Waals surface area contributed by atoms with E-state index < -0.39 is 22.0 Å². The van der Waals surface area contributed by atoms with Crippen molar-refractivity contribution in [3.8, 4) is 0 Å². The SMILES string of the molecule is CC(C)[C@H](NS(=O)(=O)c1cccc(Cl)c1)C(=O)OCc1ccc(Cl)cc1. The van der Waals surface area contributed by atoms with Crippen LogP contribution in [0.3, 0.4) is 0 Å². The third-order valence-electron chi connectivity index (χ3n) is 3.60. The summed E-state index contributed by atoms with van der Waals surface area (Å²) in [6.07, 6.45) is 0. The van der Waals surface area contributed by atoms with Gasteiger partial charge in [-0.2, -0.15) is 4.72 Å². The molecule has 2 rings (SSSR count). The van der Waals surface area contributed by atoms with Gasteiger partial charge >= 0.3 is 5.97 Å². The molecule has 26 heavy (non-hydrogen) atoms. The molecule has 0 saturated carbocycles. The first kappa shape index (κ1) is 20.7. The fraction of sp³-hybridized carbons (Fsp3) is 0.278. The van der Waals surface area contributed by atoms with E-state index in [4.69, 9.17) is 27.9 Å². The summed E-state index contributed by atoms with van der Waals surface area (Å²) in [5.41, 5.74) is 0.753. The van der Waals surface area contributed by atoms with Crippen LogP contribution in [0.15, 0.2) is 53.4 Å². The molecule has 0 aliphatic carbocycles. The minimum atomic E-state index is -3.91. The van der Waals surface area contributed by atoms with E-state index in [0.29, 0.717) is 10.0 Å². The standard InChI is InChI=1S/C18H19Cl2NO4S/c1-12(2)17(18(22)25-11-13-6-8-14(19)9-7-13)21-26(23,24)16-5-3-4-15(20)10-16/h3-10,12,17,21H,11H2,1-2H3/t17-/m0/s1. The Hall–Kier alpha value is -1.60. The summed E-state index contributed by atoms with van der Waals surface area (Å²) in [7, 11) is -3.91. The third-order valence-corrected chi connectivity index (χ3v) is 5.53. The van der Waals surface area contributed by atoms with Crippen LogP contribution < -0.4 is 4.72 Å². The lowest BCUT2D eigenvalue weighted by atomic mass is 10.1. The molecule has 0 amide bonds. The summed E-state index contributed by atoms with van der Waals surface area (Å²) in [4.78, 5) is 12.4. The fourth-order valence-electron chi connectivity index (χ4n) is 2.15. The van der Waals surface area contributed by atoms with E-state index in [1.54, 1.807) is 44.2 Å². The molecule has 0 heterocycles. The zero-order valence-electron chi connectivity index (χ0n) is 14.3. The highest BCUT2D eigenvalue weighted by atomic mass is 35.5. The monoisotopic (exact) mass is 415 g/mol. The van der Waals surface area contributed by atoms with Crippen molar-refractivity contribution in [1.82, 2.24) is 4.72 Å². The number of ether oxygens (including phenoxy) is 1. The van der Waals surface area contributed by atoms with Gasteiger partial charge in [-0.1, -0.05) is 55.2 Å². The van der Waals surface area contributed by atoms with Crippen LogP contribution in [0.5, 0.6) is 0 Å². The number of hydrogen-bond donors (Lipinski definition) is 1. The van der Waals surface area contributed by atoms with E-state index in [-0.39, 0.29) is 17.4 Å². The highest BCUT2D eigenvalue weighted by Crippen LogP contribution is 2.18. The number of rotatable bonds is 7. The Labute approximate surface area is 163 Å². The number of esters is 1. The summed E-state index contributed by atoms with van der Waals surface area (Å²) < 4.78 is 32.7. The molecule has 1 N–H and O–H groups in total. The molecular weight excluding hydrogens is 397 g/mol. The van der Waals surface area contributed by atoms with Crippen LogP contribution in [0.25, 0.3) is 0 Å². The third kappa shape index (κ3) is 5.71. The molecule has 0 fully saturated rings. The molecular formula is C18H19Cl2NO4S. The lowest BCUT2D eigenvalue weighted by Crippen LogP contribution is -2.45. The average molecular weight is 416 g/mol. The first-order valence-electron chi connectivity index (χ1n) is 7.88. The van der Waals surface area contributed by atoms with Gasteiger partial charge in [-0.15, -0.1) is 0 Å². The van der Waals surface area contributed by atoms with Crippen LogP contribution in [0.4, 0.5) is 0 Å². The average Bonchev–Trinajstić information content (AvgIpc) is 2.59. The number of hydrogen-bond acceptors (Lipinski definition) is 4. The van der Waals surface area contributed by atoms with Crippen molar-refractivity contribution in [2.24, 2.45) is 5.92 Å². The van der Waals surface area contributed by atoms with Gasteiger partial charge < -0.3 is 4.74 Å². The van der Waals surface area contributed by atoms with Gasteiger partial charge in [0.15, 0.2) is 0 Å². The summed E-state index contributed by atoms with van der Waals surface area (Å²) >= 11 is 11.7. The largest absolute Gasteiger partial charge is 0.460 e. The van der Waals surface area contributed by atoms with Crippen molar-refractivity contribution in [3.05, 3.63) is 64.1 Å². The Kier molecular flexibility index (Phi) is 7.06. The number of benzene rings is 2. The highest BCUT2D eigenvalue weighted by Gasteiger charge is 2.29. The van der Waals surface area contributed by atoms with Crippen LogP contribution in [-0.4, -0.2) is 20.4 Å². The highest BCUT2D eigenvalue weighted by molar-refractivity contribution is 7.89. The molecule has 0 aliphatic rings. The first-order valence-corrected chi connectivity index (χ1v) is 10.1. The smallest absolute Gasteiger partial charge is 0.324 e. The zero-order valence-corrected chi connectivity index (χ0v) is 16.6. The van der Waals surface area contributed by atoms with Crippen molar-refractivity contribution in [2.75, 3.05) is 0 Å². The van der Waals surface area contributed by atoms with Gasteiger partial charge in [0.25, 0.3) is 0 Å². The van der Waals surface area contributed by atoms with E-state index in [1.165, 1.54) is 18.2 Å². The number of carbonyl (C=O) groups is 1. The van der Waals surface area contributed by atoms with Gasteiger partial charge in [-0.3, -0.25) is 4.79 Å². The lowest BCUT2D eigenvalue weighted by molar-refractivity contribution is -0.148. The van der Waals surface area contributed by atoms with Crippen molar-refractivity contribution in [2.45, 2.75) is 31.4 Å². The number of carbonyl (C=O) groups excluding carboxylic acids is 1. The van der Waals surface area contributed by atoms with Crippen LogP contribution in [-0.2, 0) is 26.2 Å². The Bertz CT molecular complexity index is 867. The number of nitrogens with one attached hydrogen (secondary N) is 1. The molecule has 140 valence electrons. The van der Waals surface area contributed by atoms with Crippen molar-refractivity contribution in [3.63, 3.8) is 0 Å². The van der Waals surface area contributed by atoms with Gasteiger partial charge in [0.2, 0.25) is 10.0 Å². The minimum Gasteiger partial charge on any atom is -0.460 e. The molecule has 1 atom stereocenters. The topological polar surface area (TPSA) is 72.5 Å². The summed E-state index contributed by atoms with van der Waals surface area (Å²) in [6, 6.07) is 11.6. The maximum Gasteiger partial charge on any atom is 0.324 e. The molecule has 0 bridgehead atoms. The summed E-state index contributed by atoms with van der Waals surface area (Å²) in [5.74, 6) is -0.956. The Balaban J connectivity index is 2.09. The van der Waals surface area contributed by atoms with E-state index in [2.05, 4.69) is 4.72 Å². The molecule has 0 spiro atoms. The second kappa shape index (κ2) is 8.86. The van der Waals surface area contributed by atoms with Crippen molar-refractivity contribution < 1.29 is 17.9 Å². The van der Waals surface area contributed by atoms with E-state index in [1.807, 2.05) is 0 Å². The Morgan fingerprint density at radius 2 is 1.73 bits per heavy atom. The second-order valence-electron chi connectivity index (χ2n) is 6.03. The minimum absolute atomic E-state index is 0.0128. The molecule has 0 unspecified atom stereocenters. The van der Waals surface area contributed by atoms with Gasteiger partial charge in [0.1, 0.15) is 12.6 Å². The van der Waals surface area contributed by atoms with Crippen LogP contribution >= 0.6 is 23.2 Å². The van der Waals surface area contributed by atoms with Gasteiger partial charge in [-0.05, 0) is 41.8 Å². The number of halogens is 2. The Morgan fingerprint density at radius 3 is 2.31 bits per heavy atom. The predicted octanol–water partition coefficient (Wildman–Crippen LogP) is 4.04. The first-order chi connectivity index (χ1) is 12.2. The molecule has 0 saturated heterocycles. The summed E-state index contributed by atoms with van der Waals surface area (Å²) in [6.45, 7) is 3.49. The Morgan fingerprint density at radius 1 is 1.08 bits per heavy atom. The molecule has 0 aromatic heterocycles. The fourth-order valence-corrected chi connectivity index (χ4v) is 3.91. The molecule has 2 aromatic carbocycles. The predicted molar refractivity (Wildman–Crippen MR) is 102 cm³/mol. The molecule has 2 aromatic rings. The van der Waals surface area contributed by atoms with Gasteiger partial charge in [-0.25, -0.2) is 8.42 Å². The zero-order chi connectivity index (χ0) is 19.3. The van der Waals surface area contributed by atoms with Crippen LogP contribution in [0.2, 0.25) is 10.0 Å². The van der Waals surface area contributed by atoms with E-state index in [9.17, 15) is 13.2 Å². The second-order valence-corrected chi connectivity index (χ2v) is 8.62. The molecule has 8 heteroatoms. The van der Waals surface area contributed by atoms with Gasteiger partial charge in [0, 0.05) is 10.0 Å². The number of sulfonamides is 1. The van der Waals surface area contributed by atoms with Gasteiger partial charge in [0.05, 0.1) is 4.90 Å². The quantitative estimate of drug-likeness (QED) is 0.692. The van der Waals surface area contributed by atoms with Crippen LogP contribution in [0, 0.1) is 5.92 Å². The normalized spacial score (nSPS) is 12.8. The van der Waals surface area contributed by atoms with E-state index >= 15 is 0 Å². The summed E-state index contributed by atoms with van der Waals surface area (Å²) in [5, 5.41) is 0.869. The lowest BCUT2D eigenvalue weighted by Gasteiger charge is -2.21. The maximum absolute atomic E-state index is 12.5. The molecule has 0 aliphatic heterocycles. The maximum atomic E-state index is 12.5. The molecule has 0 radical (unpaired) electrons.